The van der Waals surface area contributed by atoms with E-state index in [1.807, 2.05) is 13.8 Å². The number of hydrogen-bond acceptors (Lipinski definition) is 5. The van der Waals surface area contributed by atoms with E-state index in [4.69, 9.17) is 9.47 Å². The smallest absolute Gasteiger partial charge is 0.270 e. The molecule has 0 saturated heterocycles. The molecule has 0 bridgehead atoms. The lowest BCUT2D eigenvalue weighted by atomic mass is 10.1. The first-order valence-electron chi connectivity index (χ1n) is 9.42. The minimum Gasteiger partial charge on any atom is -0.494 e. The number of carbonyl (C=O) groups is 3. The van der Waals surface area contributed by atoms with Crippen molar-refractivity contribution >= 4 is 17.6 Å². The Balaban J connectivity index is 1.86. The largest absolute Gasteiger partial charge is 0.494 e. The van der Waals surface area contributed by atoms with Gasteiger partial charge >= 0.3 is 0 Å². The fourth-order valence-electron chi connectivity index (χ4n) is 3.10. The Bertz CT molecular complexity index is 875. The lowest BCUT2D eigenvalue weighted by Gasteiger charge is -2.21. The van der Waals surface area contributed by atoms with Gasteiger partial charge < -0.3 is 9.47 Å². The molecule has 2 amide bonds. The van der Waals surface area contributed by atoms with Gasteiger partial charge in [0.25, 0.3) is 11.8 Å². The average Bonchev–Trinajstić information content (AvgIpc) is 2.80. The van der Waals surface area contributed by atoms with Crippen LogP contribution in [0.3, 0.4) is 0 Å². The molecule has 2 aromatic rings. The molecule has 2 aromatic carbocycles. The first-order chi connectivity index (χ1) is 13.5. The number of Topliss-reactive ketones (excluding diaryl/α,β-unsaturated/α-hetero) is 1. The quantitative estimate of drug-likeness (QED) is 0.542. The van der Waals surface area contributed by atoms with Gasteiger partial charge in [-0.15, -0.1) is 0 Å². The Morgan fingerprint density at radius 3 is 2.46 bits per heavy atom. The van der Waals surface area contributed by atoms with Crippen LogP contribution in [0.4, 0.5) is 0 Å². The lowest BCUT2D eigenvalue weighted by molar-refractivity contribution is -0.135. The Morgan fingerprint density at radius 2 is 1.79 bits per heavy atom. The Kier molecular flexibility index (Phi) is 6.09. The number of hydrogen-bond donors (Lipinski definition) is 0. The van der Waals surface area contributed by atoms with Gasteiger partial charge in [-0.1, -0.05) is 25.5 Å². The molecule has 146 valence electrons. The summed E-state index contributed by atoms with van der Waals surface area (Å²) in [7, 11) is 0. The van der Waals surface area contributed by atoms with Crippen molar-refractivity contribution in [3.05, 3.63) is 59.7 Å². The summed E-state index contributed by atoms with van der Waals surface area (Å²) >= 11 is 0. The molecule has 6 nitrogen and oxygen atoms in total. The van der Waals surface area contributed by atoms with Gasteiger partial charge in [0, 0.05) is 5.56 Å². The van der Waals surface area contributed by atoms with Crippen LogP contribution in [0.25, 0.3) is 0 Å². The van der Waals surface area contributed by atoms with Crippen molar-refractivity contribution in [2.75, 3.05) is 13.2 Å². The second-order valence-electron chi connectivity index (χ2n) is 6.50. The highest BCUT2D eigenvalue weighted by Crippen LogP contribution is 2.27. The number of amides is 2. The molecule has 0 fully saturated rings. The molecule has 0 saturated carbocycles. The zero-order chi connectivity index (χ0) is 20.1. The highest BCUT2D eigenvalue weighted by Gasteiger charge is 2.36. The SMILES string of the molecule is CCC[C@H]1Oc2ccccc2C(=O)N(CC(=O)c2ccc(OCC)cc2)C1=O. The number of benzene rings is 2. The molecule has 0 aliphatic carbocycles. The summed E-state index contributed by atoms with van der Waals surface area (Å²) in [6.07, 6.45) is 0.396. The highest BCUT2D eigenvalue weighted by atomic mass is 16.5. The van der Waals surface area contributed by atoms with Crippen molar-refractivity contribution in [3.63, 3.8) is 0 Å². The van der Waals surface area contributed by atoms with Crippen LogP contribution < -0.4 is 9.47 Å². The second kappa shape index (κ2) is 8.69. The van der Waals surface area contributed by atoms with Crippen molar-refractivity contribution in [2.45, 2.75) is 32.8 Å². The summed E-state index contributed by atoms with van der Waals surface area (Å²) in [6.45, 7) is 4.01. The number of imide groups is 1. The third kappa shape index (κ3) is 4.06. The number of ether oxygens (including phenoxy) is 2. The van der Waals surface area contributed by atoms with E-state index < -0.39 is 17.9 Å². The maximum atomic E-state index is 13.0. The molecule has 0 radical (unpaired) electrons. The maximum absolute atomic E-state index is 13.0. The van der Waals surface area contributed by atoms with Crippen LogP contribution in [0.15, 0.2) is 48.5 Å². The maximum Gasteiger partial charge on any atom is 0.270 e. The summed E-state index contributed by atoms with van der Waals surface area (Å²) in [5, 5.41) is 0. The molecular weight excluding hydrogens is 358 g/mol. The monoisotopic (exact) mass is 381 g/mol. The van der Waals surface area contributed by atoms with E-state index in [0.29, 0.717) is 36.5 Å². The van der Waals surface area contributed by atoms with Crippen molar-refractivity contribution in [3.8, 4) is 11.5 Å². The van der Waals surface area contributed by atoms with Crippen LogP contribution in [0.2, 0.25) is 0 Å². The Hall–Kier alpha value is -3.15. The first-order valence-corrected chi connectivity index (χ1v) is 9.42. The fraction of sp³-hybridized carbons (Fsp3) is 0.318. The third-order valence-corrected chi connectivity index (χ3v) is 4.51. The van der Waals surface area contributed by atoms with Crippen LogP contribution >= 0.6 is 0 Å². The van der Waals surface area contributed by atoms with E-state index in [0.717, 1.165) is 4.90 Å². The summed E-state index contributed by atoms with van der Waals surface area (Å²) in [6, 6.07) is 13.4. The van der Waals surface area contributed by atoms with Gasteiger partial charge in [-0.3, -0.25) is 19.3 Å². The van der Waals surface area contributed by atoms with E-state index >= 15 is 0 Å². The number of rotatable bonds is 7. The van der Waals surface area contributed by atoms with Crippen molar-refractivity contribution in [1.29, 1.82) is 0 Å². The number of fused-ring (bicyclic) bond motifs is 1. The zero-order valence-corrected chi connectivity index (χ0v) is 16.0. The number of para-hydroxylation sites is 1. The van der Waals surface area contributed by atoms with Crippen molar-refractivity contribution < 1.29 is 23.9 Å². The molecule has 1 heterocycles. The van der Waals surface area contributed by atoms with E-state index in [-0.39, 0.29) is 17.9 Å². The molecule has 28 heavy (non-hydrogen) atoms. The fourth-order valence-corrected chi connectivity index (χ4v) is 3.10. The summed E-state index contributed by atoms with van der Waals surface area (Å²) < 4.78 is 11.2. The number of carbonyl (C=O) groups excluding carboxylic acids is 3. The zero-order valence-electron chi connectivity index (χ0n) is 16.0. The second-order valence-corrected chi connectivity index (χ2v) is 6.50. The highest BCUT2D eigenvalue weighted by molar-refractivity contribution is 6.12. The molecule has 1 atom stereocenters. The molecular formula is C22H23NO5. The van der Waals surface area contributed by atoms with E-state index in [1.54, 1.807) is 48.5 Å². The van der Waals surface area contributed by atoms with Gasteiger partial charge in [0.05, 0.1) is 18.7 Å². The van der Waals surface area contributed by atoms with Crippen LogP contribution in [0.5, 0.6) is 11.5 Å². The Morgan fingerprint density at radius 1 is 1.07 bits per heavy atom. The van der Waals surface area contributed by atoms with Crippen LogP contribution in [-0.2, 0) is 4.79 Å². The molecule has 1 aliphatic heterocycles. The summed E-state index contributed by atoms with van der Waals surface area (Å²) in [4.78, 5) is 39.6. The van der Waals surface area contributed by atoms with Crippen molar-refractivity contribution in [1.82, 2.24) is 4.90 Å². The predicted molar refractivity (Wildman–Crippen MR) is 104 cm³/mol. The van der Waals surface area contributed by atoms with Gasteiger partial charge in [-0.2, -0.15) is 0 Å². The minimum absolute atomic E-state index is 0.286. The summed E-state index contributed by atoms with van der Waals surface area (Å²) in [5.41, 5.74) is 0.698. The lowest BCUT2D eigenvalue weighted by Crippen LogP contribution is -2.45. The van der Waals surface area contributed by atoms with Crippen LogP contribution in [0.1, 0.15) is 47.4 Å². The third-order valence-electron chi connectivity index (χ3n) is 4.51. The number of ketones is 1. The van der Waals surface area contributed by atoms with Gasteiger partial charge in [-0.25, -0.2) is 0 Å². The van der Waals surface area contributed by atoms with Gasteiger partial charge in [0.1, 0.15) is 11.5 Å². The molecule has 0 N–H and O–H groups in total. The normalized spacial score (nSPS) is 16.2. The molecule has 0 aromatic heterocycles. The molecule has 3 rings (SSSR count). The molecule has 1 aliphatic rings. The first kappa shape index (κ1) is 19.6. The van der Waals surface area contributed by atoms with Gasteiger partial charge in [0.15, 0.2) is 11.9 Å². The molecule has 0 spiro atoms. The average molecular weight is 381 g/mol. The standard InChI is InChI=1S/C22H23NO5/c1-3-7-20-22(26)23(21(25)17-8-5-6-9-19(17)28-20)14-18(24)15-10-12-16(13-11-15)27-4-2/h5-6,8-13,20H,3-4,7,14H2,1-2H3/t20-/m1/s1. The van der Waals surface area contributed by atoms with Crippen molar-refractivity contribution in [2.24, 2.45) is 0 Å². The predicted octanol–water partition coefficient (Wildman–Crippen LogP) is 3.50. The van der Waals surface area contributed by atoms with E-state index in [9.17, 15) is 14.4 Å². The molecule has 6 heteroatoms. The van der Waals surface area contributed by atoms with Gasteiger partial charge in [-0.05, 0) is 49.7 Å². The van der Waals surface area contributed by atoms with E-state index in [1.165, 1.54) is 0 Å². The van der Waals surface area contributed by atoms with Crippen LogP contribution in [-0.4, -0.2) is 41.8 Å². The minimum atomic E-state index is -0.786. The van der Waals surface area contributed by atoms with Crippen LogP contribution in [0, 0.1) is 0 Å². The topological polar surface area (TPSA) is 72.9 Å². The van der Waals surface area contributed by atoms with E-state index in [2.05, 4.69) is 0 Å². The molecule has 0 unspecified atom stereocenters. The number of nitrogens with zero attached hydrogens (tertiary/aromatic N) is 1. The Labute approximate surface area is 164 Å². The van der Waals surface area contributed by atoms with Gasteiger partial charge in [0.2, 0.25) is 0 Å². The summed E-state index contributed by atoms with van der Waals surface area (Å²) in [5.74, 6) is -0.290.